The molecule has 3 nitrogen and oxygen atoms in total. The second kappa shape index (κ2) is 6.59. The topological polar surface area (TPSA) is 39.4 Å². The van der Waals surface area contributed by atoms with Gasteiger partial charge in [0, 0.05) is 16.5 Å². The Kier molecular flexibility index (Phi) is 4.53. The molecule has 0 spiro atoms. The molecule has 23 heavy (non-hydrogen) atoms. The summed E-state index contributed by atoms with van der Waals surface area (Å²) < 4.78 is 12.1. The van der Waals surface area contributed by atoms with Crippen LogP contribution >= 0.6 is 15.9 Å². The fraction of sp³-hybridized carbons (Fsp3) is 0.211. The number of rotatable bonds is 4. The van der Waals surface area contributed by atoms with E-state index in [0.29, 0.717) is 17.3 Å². The molecule has 0 radical (unpaired) electrons. The Labute approximate surface area is 143 Å². The first-order chi connectivity index (χ1) is 11.0. The highest BCUT2D eigenvalue weighted by molar-refractivity contribution is 9.10. The van der Waals surface area contributed by atoms with Crippen LogP contribution in [0.15, 0.2) is 62.7 Å². The van der Waals surface area contributed by atoms with E-state index in [4.69, 9.17) is 9.15 Å². The van der Waals surface area contributed by atoms with Crippen LogP contribution in [0.5, 0.6) is 0 Å². The third kappa shape index (κ3) is 3.82. The molecule has 0 saturated heterocycles. The van der Waals surface area contributed by atoms with E-state index in [2.05, 4.69) is 29.8 Å². The van der Waals surface area contributed by atoms with E-state index in [0.717, 1.165) is 28.0 Å². The maximum atomic E-state index is 11.9. The van der Waals surface area contributed by atoms with Gasteiger partial charge in [-0.05, 0) is 42.3 Å². The highest BCUT2D eigenvalue weighted by atomic mass is 79.9. The van der Waals surface area contributed by atoms with Crippen molar-refractivity contribution < 1.29 is 13.9 Å². The number of halogens is 1. The second-order valence-electron chi connectivity index (χ2n) is 5.91. The number of carbonyl (C=O) groups excluding carboxylic acids is 1. The SMILES string of the molecule is CC(C)CC1=CC(=Cc2ccc(-c3ccc(Br)cc3)o2)C(=O)O1. The first kappa shape index (κ1) is 15.8. The van der Waals surface area contributed by atoms with Gasteiger partial charge in [-0.25, -0.2) is 4.79 Å². The minimum atomic E-state index is -0.317. The standard InChI is InChI=1S/C19H17BrO3/c1-12(2)9-17-11-14(19(21)23-17)10-16-7-8-18(22-16)13-3-5-15(20)6-4-13/h3-8,10-12H,9H2,1-2H3. The van der Waals surface area contributed by atoms with Crippen LogP contribution < -0.4 is 0 Å². The third-order valence-corrected chi connectivity index (χ3v) is 3.97. The maximum absolute atomic E-state index is 11.9. The summed E-state index contributed by atoms with van der Waals surface area (Å²) in [7, 11) is 0. The summed E-state index contributed by atoms with van der Waals surface area (Å²) in [6.07, 6.45) is 4.27. The Morgan fingerprint density at radius 1 is 1.13 bits per heavy atom. The van der Waals surface area contributed by atoms with Crippen molar-refractivity contribution in [1.29, 1.82) is 0 Å². The minimum absolute atomic E-state index is 0.317. The highest BCUT2D eigenvalue weighted by Gasteiger charge is 2.21. The molecular formula is C19H17BrO3. The summed E-state index contributed by atoms with van der Waals surface area (Å²) in [5, 5.41) is 0. The van der Waals surface area contributed by atoms with Crippen molar-refractivity contribution in [1.82, 2.24) is 0 Å². The van der Waals surface area contributed by atoms with Crippen LogP contribution in [-0.2, 0) is 9.53 Å². The lowest BCUT2D eigenvalue weighted by molar-refractivity contribution is -0.133. The fourth-order valence-corrected chi connectivity index (χ4v) is 2.66. The molecule has 0 N–H and O–H groups in total. The molecule has 0 amide bonds. The molecule has 0 saturated carbocycles. The van der Waals surface area contributed by atoms with Crippen molar-refractivity contribution >= 4 is 28.0 Å². The summed E-state index contributed by atoms with van der Waals surface area (Å²) in [6, 6.07) is 11.6. The second-order valence-corrected chi connectivity index (χ2v) is 6.82. The van der Waals surface area contributed by atoms with Crippen LogP contribution in [0, 0.1) is 5.92 Å². The van der Waals surface area contributed by atoms with Gasteiger partial charge in [0.2, 0.25) is 0 Å². The average molecular weight is 373 g/mol. The molecule has 3 rings (SSSR count). The fourth-order valence-electron chi connectivity index (χ4n) is 2.40. The minimum Gasteiger partial charge on any atom is -0.457 e. The number of carbonyl (C=O) groups is 1. The van der Waals surface area contributed by atoms with E-state index in [9.17, 15) is 4.79 Å². The molecule has 0 fully saturated rings. The number of esters is 1. The summed E-state index contributed by atoms with van der Waals surface area (Å²) in [6.45, 7) is 4.18. The number of ether oxygens (including phenoxy) is 1. The largest absolute Gasteiger partial charge is 0.457 e. The normalized spacial score (nSPS) is 16.1. The first-order valence-corrected chi connectivity index (χ1v) is 8.31. The predicted octanol–water partition coefficient (Wildman–Crippen LogP) is 5.58. The maximum Gasteiger partial charge on any atom is 0.343 e. The van der Waals surface area contributed by atoms with Crippen molar-refractivity contribution in [2.45, 2.75) is 20.3 Å². The van der Waals surface area contributed by atoms with E-state index in [1.165, 1.54) is 0 Å². The van der Waals surface area contributed by atoms with Crippen molar-refractivity contribution in [3.05, 3.63) is 64.0 Å². The molecule has 1 aromatic carbocycles. The zero-order valence-corrected chi connectivity index (χ0v) is 14.6. The third-order valence-electron chi connectivity index (χ3n) is 3.44. The van der Waals surface area contributed by atoms with Crippen LogP contribution in [0.4, 0.5) is 0 Å². The lowest BCUT2D eigenvalue weighted by Gasteiger charge is -2.03. The molecular weight excluding hydrogens is 356 g/mol. The number of hydrogen-bond acceptors (Lipinski definition) is 3. The van der Waals surface area contributed by atoms with Crippen LogP contribution in [0.2, 0.25) is 0 Å². The Hall–Kier alpha value is -2.07. The molecule has 4 heteroatoms. The van der Waals surface area contributed by atoms with Gasteiger partial charge in [0.15, 0.2) is 0 Å². The summed E-state index contributed by atoms with van der Waals surface area (Å²) in [5.41, 5.74) is 1.51. The Bertz CT molecular complexity index is 779. The molecule has 0 unspecified atom stereocenters. The number of benzene rings is 1. The lowest BCUT2D eigenvalue weighted by atomic mass is 10.1. The number of hydrogen-bond donors (Lipinski definition) is 0. The van der Waals surface area contributed by atoms with Gasteiger partial charge in [0.1, 0.15) is 17.3 Å². The zero-order valence-electron chi connectivity index (χ0n) is 13.0. The zero-order chi connectivity index (χ0) is 16.4. The van der Waals surface area contributed by atoms with Crippen molar-refractivity contribution in [2.75, 3.05) is 0 Å². The van der Waals surface area contributed by atoms with Crippen molar-refractivity contribution in [2.24, 2.45) is 5.92 Å². The predicted molar refractivity (Wildman–Crippen MR) is 93.5 cm³/mol. The summed E-state index contributed by atoms with van der Waals surface area (Å²) >= 11 is 3.41. The monoisotopic (exact) mass is 372 g/mol. The van der Waals surface area contributed by atoms with Gasteiger partial charge in [0.05, 0.1) is 5.57 Å². The van der Waals surface area contributed by atoms with Gasteiger partial charge in [-0.3, -0.25) is 0 Å². The number of allylic oxidation sites excluding steroid dienone is 1. The van der Waals surface area contributed by atoms with E-state index in [1.54, 1.807) is 12.2 Å². The van der Waals surface area contributed by atoms with E-state index >= 15 is 0 Å². The summed E-state index contributed by atoms with van der Waals surface area (Å²) in [4.78, 5) is 11.9. The van der Waals surface area contributed by atoms with E-state index < -0.39 is 0 Å². The van der Waals surface area contributed by atoms with Gasteiger partial charge in [-0.1, -0.05) is 41.9 Å². The van der Waals surface area contributed by atoms with Gasteiger partial charge in [-0.15, -0.1) is 0 Å². The molecule has 0 bridgehead atoms. The lowest BCUT2D eigenvalue weighted by Crippen LogP contribution is -1.98. The quantitative estimate of drug-likeness (QED) is 0.519. The Morgan fingerprint density at radius 2 is 1.87 bits per heavy atom. The molecule has 2 aromatic rings. The summed E-state index contributed by atoms with van der Waals surface area (Å²) in [5.74, 6) is 2.25. The van der Waals surface area contributed by atoms with Gasteiger partial charge in [-0.2, -0.15) is 0 Å². The smallest absolute Gasteiger partial charge is 0.343 e. The van der Waals surface area contributed by atoms with Crippen LogP contribution in [0.3, 0.4) is 0 Å². The Balaban J connectivity index is 1.82. The average Bonchev–Trinajstić information content (AvgIpc) is 3.07. The molecule has 1 aliphatic rings. The molecule has 1 aliphatic heterocycles. The molecule has 1 aromatic heterocycles. The van der Waals surface area contributed by atoms with Gasteiger partial charge in [0.25, 0.3) is 0 Å². The van der Waals surface area contributed by atoms with Gasteiger partial charge < -0.3 is 9.15 Å². The van der Waals surface area contributed by atoms with Crippen LogP contribution in [0.25, 0.3) is 17.4 Å². The van der Waals surface area contributed by atoms with E-state index in [1.807, 2.05) is 36.4 Å². The molecule has 0 atom stereocenters. The molecule has 0 aliphatic carbocycles. The molecule has 118 valence electrons. The van der Waals surface area contributed by atoms with Crippen LogP contribution in [0.1, 0.15) is 26.0 Å². The highest BCUT2D eigenvalue weighted by Crippen LogP contribution is 2.28. The van der Waals surface area contributed by atoms with E-state index in [-0.39, 0.29) is 5.97 Å². The Morgan fingerprint density at radius 3 is 2.57 bits per heavy atom. The molecule has 2 heterocycles. The number of cyclic esters (lactones) is 1. The van der Waals surface area contributed by atoms with Gasteiger partial charge >= 0.3 is 5.97 Å². The van der Waals surface area contributed by atoms with Crippen LogP contribution in [-0.4, -0.2) is 5.97 Å². The van der Waals surface area contributed by atoms with Crippen molar-refractivity contribution in [3.63, 3.8) is 0 Å². The number of furan rings is 1. The first-order valence-electron chi connectivity index (χ1n) is 7.51. The van der Waals surface area contributed by atoms with Crippen molar-refractivity contribution in [3.8, 4) is 11.3 Å².